The van der Waals surface area contributed by atoms with Crippen molar-refractivity contribution in [3.8, 4) is 0 Å². The van der Waals surface area contributed by atoms with Gasteiger partial charge in [0.2, 0.25) is 0 Å². The first kappa shape index (κ1) is 24.4. The predicted octanol–water partition coefficient (Wildman–Crippen LogP) is 8.67. The van der Waals surface area contributed by atoms with Gasteiger partial charge in [0, 0.05) is 0 Å². The van der Waals surface area contributed by atoms with Gasteiger partial charge in [0.1, 0.15) is 0 Å². The van der Waals surface area contributed by atoms with Gasteiger partial charge in [0.05, 0.1) is 0 Å². The Hall–Kier alpha value is 0.430. The standard InChI is InChI=1S/C23H51P/c1-5-9-10-11-12-13-14-15-16-17-18-19-23-24(20-6-2,21-7-3)22-8-4/h24H,5-23H2,1-4H3. The Morgan fingerprint density at radius 1 is 0.333 bits per heavy atom. The Bertz CT molecular complexity index is 219. The van der Waals surface area contributed by atoms with Gasteiger partial charge in [-0.15, -0.1) is 0 Å². The summed E-state index contributed by atoms with van der Waals surface area (Å²) in [7, 11) is -0.893. The Labute approximate surface area is 156 Å². The SMILES string of the molecule is CCCCCCCCCCCCCC[PH](CCC)(CCC)CCC. The first-order chi connectivity index (χ1) is 11.7. The van der Waals surface area contributed by atoms with E-state index in [0.717, 1.165) is 0 Å². The molecule has 1 heteroatoms. The van der Waals surface area contributed by atoms with E-state index in [2.05, 4.69) is 27.7 Å². The summed E-state index contributed by atoms with van der Waals surface area (Å²) in [5.41, 5.74) is 0. The normalized spacial score (nSPS) is 12.7. The summed E-state index contributed by atoms with van der Waals surface area (Å²) >= 11 is 0. The summed E-state index contributed by atoms with van der Waals surface area (Å²) in [6.07, 6.45) is 28.5. The molecule has 0 N–H and O–H groups in total. The molecule has 148 valence electrons. The van der Waals surface area contributed by atoms with Crippen LogP contribution in [0.25, 0.3) is 0 Å². The van der Waals surface area contributed by atoms with Crippen LogP contribution in [0.2, 0.25) is 0 Å². The Morgan fingerprint density at radius 3 is 1.00 bits per heavy atom. The van der Waals surface area contributed by atoms with Crippen molar-refractivity contribution in [1.29, 1.82) is 0 Å². The van der Waals surface area contributed by atoms with Gasteiger partial charge in [-0.3, -0.25) is 0 Å². The average molecular weight is 359 g/mol. The van der Waals surface area contributed by atoms with Crippen molar-refractivity contribution in [2.45, 2.75) is 124 Å². The van der Waals surface area contributed by atoms with Gasteiger partial charge >= 0.3 is 143 Å². The maximum absolute atomic E-state index is 2.41. The molecule has 0 atom stereocenters. The molecule has 0 bridgehead atoms. The molecule has 0 saturated carbocycles. The summed E-state index contributed by atoms with van der Waals surface area (Å²) < 4.78 is 0. The van der Waals surface area contributed by atoms with Gasteiger partial charge in [-0.1, -0.05) is 13.3 Å². The van der Waals surface area contributed by atoms with E-state index >= 15 is 0 Å². The molecule has 0 rings (SSSR count). The van der Waals surface area contributed by atoms with Gasteiger partial charge < -0.3 is 0 Å². The van der Waals surface area contributed by atoms with Gasteiger partial charge in [0.15, 0.2) is 0 Å². The molecule has 0 spiro atoms. The van der Waals surface area contributed by atoms with Crippen molar-refractivity contribution in [3.63, 3.8) is 0 Å². The summed E-state index contributed by atoms with van der Waals surface area (Å²) in [5.74, 6) is 0. The van der Waals surface area contributed by atoms with Crippen molar-refractivity contribution in [1.82, 2.24) is 0 Å². The molecule has 0 aliphatic rings. The third-order valence-electron chi connectivity index (χ3n) is 5.90. The zero-order valence-electron chi connectivity index (χ0n) is 17.9. The van der Waals surface area contributed by atoms with E-state index in [1.54, 1.807) is 31.1 Å². The number of rotatable bonds is 19. The van der Waals surface area contributed by atoms with Crippen molar-refractivity contribution >= 4 is 7.26 Å². The average Bonchev–Trinajstić information content (AvgIpc) is 2.56. The van der Waals surface area contributed by atoms with Crippen LogP contribution in [0.15, 0.2) is 0 Å². The zero-order chi connectivity index (χ0) is 17.9. The Kier molecular flexibility index (Phi) is 18.6. The first-order valence-electron chi connectivity index (χ1n) is 11.7. The molecule has 0 unspecified atom stereocenters. The van der Waals surface area contributed by atoms with E-state index in [4.69, 9.17) is 0 Å². The molecule has 0 aromatic rings. The molecule has 0 nitrogen and oxygen atoms in total. The molecule has 0 aliphatic carbocycles. The third kappa shape index (κ3) is 13.7. The molecule has 0 radical (unpaired) electrons. The van der Waals surface area contributed by atoms with E-state index in [-0.39, 0.29) is 0 Å². The van der Waals surface area contributed by atoms with Crippen LogP contribution >= 0.6 is 7.26 Å². The molecule has 0 aromatic carbocycles. The van der Waals surface area contributed by atoms with Gasteiger partial charge in [-0.05, 0) is 0 Å². The van der Waals surface area contributed by atoms with E-state index in [1.165, 1.54) is 89.9 Å². The van der Waals surface area contributed by atoms with Gasteiger partial charge in [-0.2, -0.15) is 0 Å². The summed E-state index contributed by atoms with van der Waals surface area (Å²) in [6.45, 7) is 9.54. The van der Waals surface area contributed by atoms with E-state index in [1.807, 2.05) is 0 Å². The van der Waals surface area contributed by atoms with Crippen LogP contribution in [0.1, 0.15) is 124 Å². The van der Waals surface area contributed by atoms with Crippen molar-refractivity contribution in [3.05, 3.63) is 0 Å². The first-order valence-corrected chi connectivity index (χ1v) is 14.6. The molecule has 0 aromatic heterocycles. The molecule has 0 saturated heterocycles. The molecular weight excluding hydrogens is 307 g/mol. The second-order valence-corrected chi connectivity index (χ2v) is 13.4. The van der Waals surface area contributed by atoms with Crippen LogP contribution in [0.4, 0.5) is 0 Å². The predicted molar refractivity (Wildman–Crippen MR) is 120 cm³/mol. The number of hydrogen-bond acceptors (Lipinski definition) is 0. The molecule has 24 heavy (non-hydrogen) atoms. The van der Waals surface area contributed by atoms with Crippen LogP contribution in [-0.2, 0) is 0 Å². The molecule has 0 amide bonds. The van der Waals surface area contributed by atoms with Crippen LogP contribution in [0.3, 0.4) is 0 Å². The summed E-state index contributed by atoms with van der Waals surface area (Å²) in [6, 6.07) is 0. The second kappa shape index (κ2) is 18.2. The van der Waals surface area contributed by atoms with Crippen LogP contribution in [-0.4, -0.2) is 24.6 Å². The topological polar surface area (TPSA) is 0 Å². The second-order valence-electron chi connectivity index (χ2n) is 8.39. The van der Waals surface area contributed by atoms with Crippen molar-refractivity contribution < 1.29 is 0 Å². The maximum atomic E-state index is 2.41. The quantitative estimate of drug-likeness (QED) is 0.160. The van der Waals surface area contributed by atoms with Crippen LogP contribution in [0, 0.1) is 0 Å². The molecule has 0 fully saturated rings. The zero-order valence-corrected chi connectivity index (χ0v) is 18.9. The number of hydrogen-bond donors (Lipinski definition) is 0. The van der Waals surface area contributed by atoms with E-state index < -0.39 is 7.26 Å². The van der Waals surface area contributed by atoms with E-state index in [0.29, 0.717) is 0 Å². The van der Waals surface area contributed by atoms with Crippen LogP contribution in [0.5, 0.6) is 0 Å². The third-order valence-corrected chi connectivity index (χ3v) is 12.0. The monoisotopic (exact) mass is 358 g/mol. The van der Waals surface area contributed by atoms with E-state index in [9.17, 15) is 0 Å². The molecule has 0 aliphatic heterocycles. The molecule has 0 heterocycles. The molecular formula is C23H51P. The summed E-state index contributed by atoms with van der Waals surface area (Å²) in [4.78, 5) is 0. The fraction of sp³-hybridized carbons (Fsp3) is 1.00. The minimum atomic E-state index is -0.893. The fourth-order valence-corrected chi connectivity index (χ4v) is 10.4. The minimum absolute atomic E-state index is 0.893. The van der Waals surface area contributed by atoms with Crippen LogP contribution < -0.4 is 0 Å². The Balaban J connectivity index is 3.60. The number of unbranched alkanes of at least 4 members (excludes halogenated alkanes) is 11. The fourth-order valence-electron chi connectivity index (χ4n) is 4.68. The van der Waals surface area contributed by atoms with Gasteiger partial charge in [-0.25, -0.2) is 0 Å². The van der Waals surface area contributed by atoms with Gasteiger partial charge in [0.25, 0.3) is 0 Å². The Morgan fingerprint density at radius 2 is 0.667 bits per heavy atom. The van der Waals surface area contributed by atoms with Crippen molar-refractivity contribution in [2.75, 3.05) is 24.6 Å². The summed E-state index contributed by atoms with van der Waals surface area (Å²) in [5, 5.41) is 0. The van der Waals surface area contributed by atoms with Crippen molar-refractivity contribution in [2.24, 2.45) is 0 Å².